The van der Waals surface area contributed by atoms with E-state index in [0.717, 1.165) is 5.92 Å². The highest BCUT2D eigenvalue weighted by molar-refractivity contribution is 4.91. The van der Waals surface area contributed by atoms with E-state index in [0.29, 0.717) is 5.54 Å². The quantitative estimate of drug-likeness (QED) is 0.656. The topological polar surface area (TPSA) is 24.1 Å². The van der Waals surface area contributed by atoms with Crippen LogP contribution in [0.2, 0.25) is 0 Å². The van der Waals surface area contributed by atoms with Gasteiger partial charge in [0.15, 0.2) is 0 Å². The molecule has 1 aliphatic carbocycles. The Bertz CT molecular complexity index is 169. The van der Waals surface area contributed by atoms with Gasteiger partial charge >= 0.3 is 0 Å². The fourth-order valence-electron chi connectivity index (χ4n) is 2.63. The minimum absolute atomic E-state index is 0.508. The van der Waals surface area contributed by atoms with Crippen LogP contribution in [0.25, 0.3) is 0 Å². The smallest absolute Gasteiger partial charge is 0.0153 e. The second-order valence-corrected chi connectivity index (χ2v) is 5.34. The van der Waals surface area contributed by atoms with Gasteiger partial charge in [-0.05, 0) is 71.0 Å². The maximum atomic E-state index is 3.70. The lowest BCUT2D eigenvalue weighted by molar-refractivity contribution is 0.207. The molecule has 2 nitrogen and oxygen atoms in total. The number of nitrogens with one attached hydrogen (secondary N) is 2. The highest BCUT2D eigenvalue weighted by Gasteiger charge is 2.30. The standard InChI is InChI=1S/C12H24N2/c1-12(6-3-7-12)14-8-2-4-11-5-9-13-10-11/h11,13-14H,2-10H2,1H3. The van der Waals surface area contributed by atoms with Crippen LogP contribution in [0.4, 0.5) is 0 Å². The van der Waals surface area contributed by atoms with Gasteiger partial charge in [-0.3, -0.25) is 0 Å². The minimum atomic E-state index is 0.508. The van der Waals surface area contributed by atoms with E-state index in [-0.39, 0.29) is 0 Å². The molecule has 0 aromatic heterocycles. The molecule has 1 atom stereocenters. The molecule has 2 heteroatoms. The lowest BCUT2D eigenvalue weighted by Gasteiger charge is -2.39. The molecule has 1 saturated carbocycles. The average Bonchev–Trinajstić information content (AvgIpc) is 2.62. The molecule has 82 valence electrons. The van der Waals surface area contributed by atoms with Crippen LogP contribution in [-0.4, -0.2) is 25.2 Å². The zero-order valence-corrected chi connectivity index (χ0v) is 9.44. The van der Waals surface area contributed by atoms with E-state index in [1.54, 1.807) is 0 Å². The molecular weight excluding hydrogens is 172 g/mol. The van der Waals surface area contributed by atoms with Crippen molar-refractivity contribution in [3.8, 4) is 0 Å². The van der Waals surface area contributed by atoms with Crippen LogP contribution < -0.4 is 10.6 Å². The molecule has 1 saturated heterocycles. The number of rotatable bonds is 5. The lowest BCUT2D eigenvalue weighted by Crippen LogP contribution is -2.48. The van der Waals surface area contributed by atoms with Crippen molar-refractivity contribution in [1.29, 1.82) is 0 Å². The predicted octanol–water partition coefficient (Wildman–Crippen LogP) is 1.91. The van der Waals surface area contributed by atoms with Crippen LogP contribution in [0, 0.1) is 5.92 Å². The zero-order chi connectivity index (χ0) is 9.86. The van der Waals surface area contributed by atoms with Gasteiger partial charge in [0.2, 0.25) is 0 Å². The molecule has 0 bridgehead atoms. The molecule has 1 heterocycles. The first-order chi connectivity index (χ1) is 6.79. The summed E-state index contributed by atoms with van der Waals surface area (Å²) in [5.74, 6) is 0.964. The zero-order valence-electron chi connectivity index (χ0n) is 9.44. The van der Waals surface area contributed by atoms with Gasteiger partial charge in [0.1, 0.15) is 0 Å². The summed E-state index contributed by atoms with van der Waals surface area (Å²) < 4.78 is 0. The molecule has 0 spiro atoms. The van der Waals surface area contributed by atoms with Crippen molar-refractivity contribution in [2.45, 2.75) is 51.0 Å². The highest BCUT2D eigenvalue weighted by atomic mass is 15.0. The largest absolute Gasteiger partial charge is 0.316 e. The number of hydrogen-bond donors (Lipinski definition) is 2. The SMILES string of the molecule is CC1(NCCCC2CCNC2)CCC1. The summed E-state index contributed by atoms with van der Waals surface area (Å²) in [6.45, 7) is 6.10. The second-order valence-electron chi connectivity index (χ2n) is 5.34. The van der Waals surface area contributed by atoms with Gasteiger partial charge in [0.05, 0.1) is 0 Å². The van der Waals surface area contributed by atoms with Gasteiger partial charge in [-0.15, -0.1) is 0 Å². The molecule has 0 aromatic carbocycles. The van der Waals surface area contributed by atoms with Gasteiger partial charge < -0.3 is 10.6 Å². The Morgan fingerprint density at radius 3 is 2.86 bits per heavy atom. The summed E-state index contributed by atoms with van der Waals surface area (Å²) in [5, 5.41) is 7.13. The first-order valence-corrected chi connectivity index (χ1v) is 6.24. The van der Waals surface area contributed by atoms with Crippen molar-refractivity contribution in [3.05, 3.63) is 0 Å². The van der Waals surface area contributed by atoms with Crippen molar-refractivity contribution in [1.82, 2.24) is 10.6 Å². The first-order valence-electron chi connectivity index (χ1n) is 6.24. The molecule has 1 unspecified atom stereocenters. The van der Waals surface area contributed by atoms with Gasteiger partial charge in [-0.2, -0.15) is 0 Å². The van der Waals surface area contributed by atoms with E-state index < -0.39 is 0 Å². The summed E-state index contributed by atoms with van der Waals surface area (Å²) >= 11 is 0. The Morgan fingerprint density at radius 2 is 2.29 bits per heavy atom. The van der Waals surface area contributed by atoms with Crippen molar-refractivity contribution in [2.75, 3.05) is 19.6 Å². The average molecular weight is 196 g/mol. The lowest BCUT2D eigenvalue weighted by atomic mass is 9.78. The number of hydrogen-bond acceptors (Lipinski definition) is 2. The summed E-state index contributed by atoms with van der Waals surface area (Å²) in [4.78, 5) is 0. The highest BCUT2D eigenvalue weighted by Crippen LogP contribution is 2.30. The Hall–Kier alpha value is -0.0800. The first kappa shape index (κ1) is 10.4. The van der Waals surface area contributed by atoms with Crippen LogP contribution in [0.5, 0.6) is 0 Å². The Kier molecular flexibility index (Phi) is 3.45. The van der Waals surface area contributed by atoms with Crippen LogP contribution in [0.3, 0.4) is 0 Å². The van der Waals surface area contributed by atoms with Crippen molar-refractivity contribution in [3.63, 3.8) is 0 Å². The van der Waals surface area contributed by atoms with Crippen molar-refractivity contribution >= 4 is 0 Å². The molecule has 2 N–H and O–H groups in total. The molecule has 2 rings (SSSR count). The van der Waals surface area contributed by atoms with Gasteiger partial charge in [-0.25, -0.2) is 0 Å². The van der Waals surface area contributed by atoms with Gasteiger partial charge in [0, 0.05) is 5.54 Å². The van der Waals surface area contributed by atoms with Crippen molar-refractivity contribution in [2.24, 2.45) is 5.92 Å². The van der Waals surface area contributed by atoms with Gasteiger partial charge in [0.25, 0.3) is 0 Å². The summed E-state index contributed by atoms with van der Waals surface area (Å²) in [5.41, 5.74) is 0.508. The maximum Gasteiger partial charge on any atom is 0.0153 e. The second kappa shape index (κ2) is 4.63. The van der Waals surface area contributed by atoms with Gasteiger partial charge in [-0.1, -0.05) is 0 Å². The molecule has 0 radical (unpaired) electrons. The third-order valence-electron chi connectivity index (χ3n) is 3.96. The van der Waals surface area contributed by atoms with E-state index in [1.165, 1.54) is 58.2 Å². The normalized spacial score (nSPS) is 30.2. The minimum Gasteiger partial charge on any atom is -0.316 e. The van der Waals surface area contributed by atoms with Crippen LogP contribution in [0.1, 0.15) is 45.4 Å². The van der Waals surface area contributed by atoms with Crippen LogP contribution in [0.15, 0.2) is 0 Å². The van der Waals surface area contributed by atoms with E-state index in [2.05, 4.69) is 17.6 Å². The van der Waals surface area contributed by atoms with E-state index in [1.807, 2.05) is 0 Å². The molecule has 14 heavy (non-hydrogen) atoms. The van der Waals surface area contributed by atoms with E-state index >= 15 is 0 Å². The summed E-state index contributed by atoms with van der Waals surface area (Å²) in [6.07, 6.45) is 8.38. The summed E-state index contributed by atoms with van der Waals surface area (Å²) in [7, 11) is 0. The molecule has 1 aliphatic heterocycles. The molecule has 0 amide bonds. The fourth-order valence-corrected chi connectivity index (χ4v) is 2.63. The fraction of sp³-hybridized carbons (Fsp3) is 1.00. The molecule has 2 fully saturated rings. The third-order valence-corrected chi connectivity index (χ3v) is 3.96. The van der Waals surface area contributed by atoms with E-state index in [9.17, 15) is 0 Å². The van der Waals surface area contributed by atoms with Crippen LogP contribution >= 0.6 is 0 Å². The molecule has 0 aromatic rings. The van der Waals surface area contributed by atoms with Crippen molar-refractivity contribution < 1.29 is 0 Å². The predicted molar refractivity (Wildman–Crippen MR) is 60.5 cm³/mol. The Balaban J connectivity index is 1.50. The Morgan fingerprint density at radius 1 is 1.43 bits per heavy atom. The molecule has 2 aliphatic rings. The van der Waals surface area contributed by atoms with Crippen LogP contribution in [-0.2, 0) is 0 Å². The molecular formula is C12H24N2. The Labute approximate surface area is 87.8 Å². The maximum absolute atomic E-state index is 3.70. The summed E-state index contributed by atoms with van der Waals surface area (Å²) in [6, 6.07) is 0. The monoisotopic (exact) mass is 196 g/mol. The van der Waals surface area contributed by atoms with E-state index in [4.69, 9.17) is 0 Å². The third kappa shape index (κ3) is 2.71.